The second-order valence-electron chi connectivity index (χ2n) is 6.72. The van der Waals surface area contributed by atoms with E-state index in [0.29, 0.717) is 5.56 Å². The molecule has 7 nitrogen and oxygen atoms in total. The highest BCUT2D eigenvalue weighted by molar-refractivity contribution is 6.05. The van der Waals surface area contributed by atoms with Crippen LogP contribution in [0.2, 0.25) is 0 Å². The Kier molecular flexibility index (Phi) is 5.71. The van der Waals surface area contributed by atoms with Crippen molar-refractivity contribution in [2.45, 2.75) is 26.2 Å². The standard InChI is InChI=1S/C19H20N2O5/c1-19(2,3)14-10-8-13(9-11-14)18(23)20-17(22)12-26-16-7-5-4-6-15(16)21(24)25/h4-11H,12H2,1-3H3,(H,20,22,23). The van der Waals surface area contributed by atoms with Gasteiger partial charge in [-0.05, 0) is 29.2 Å². The fraction of sp³-hybridized carbons (Fsp3) is 0.263. The lowest BCUT2D eigenvalue weighted by Crippen LogP contribution is -2.34. The maximum Gasteiger partial charge on any atom is 0.310 e. The summed E-state index contributed by atoms with van der Waals surface area (Å²) >= 11 is 0. The van der Waals surface area contributed by atoms with E-state index in [2.05, 4.69) is 26.1 Å². The minimum atomic E-state index is -0.687. The van der Waals surface area contributed by atoms with Crippen molar-refractivity contribution in [1.29, 1.82) is 0 Å². The van der Waals surface area contributed by atoms with E-state index >= 15 is 0 Å². The summed E-state index contributed by atoms with van der Waals surface area (Å²) in [5.41, 5.74) is 1.13. The lowest BCUT2D eigenvalue weighted by molar-refractivity contribution is -0.385. The lowest BCUT2D eigenvalue weighted by Gasteiger charge is -2.19. The number of hydrogen-bond acceptors (Lipinski definition) is 5. The Labute approximate surface area is 151 Å². The molecule has 0 bridgehead atoms. The molecule has 26 heavy (non-hydrogen) atoms. The van der Waals surface area contributed by atoms with Crippen LogP contribution < -0.4 is 10.1 Å². The average Bonchev–Trinajstić information content (AvgIpc) is 2.59. The minimum absolute atomic E-state index is 0.0328. The van der Waals surface area contributed by atoms with Crippen LogP contribution in [0.1, 0.15) is 36.7 Å². The van der Waals surface area contributed by atoms with E-state index < -0.39 is 23.3 Å². The van der Waals surface area contributed by atoms with Gasteiger partial charge in [-0.25, -0.2) is 0 Å². The van der Waals surface area contributed by atoms with Gasteiger partial charge in [0.2, 0.25) is 0 Å². The van der Waals surface area contributed by atoms with Gasteiger partial charge in [0.15, 0.2) is 12.4 Å². The molecule has 0 aliphatic carbocycles. The first-order valence-corrected chi connectivity index (χ1v) is 7.99. The fourth-order valence-corrected chi connectivity index (χ4v) is 2.23. The number of para-hydroxylation sites is 2. The van der Waals surface area contributed by atoms with Gasteiger partial charge in [0.25, 0.3) is 11.8 Å². The first kappa shape index (κ1) is 19.1. The van der Waals surface area contributed by atoms with Gasteiger partial charge in [-0.2, -0.15) is 0 Å². The average molecular weight is 356 g/mol. The van der Waals surface area contributed by atoms with E-state index in [4.69, 9.17) is 4.74 Å². The van der Waals surface area contributed by atoms with E-state index in [1.165, 1.54) is 18.2 Å². The zero-order valence-corrected chi connectivity index (χ0v) is 14.8. The van der Waals surface area contributed by atoms with Crippen molar-refractivity contribution in [3.8, 4) is 5.75 Å². The highest BCUT2D eigenvalue weighted by Gasteiger charge is 2.17. The molecule has 0 unspecified atom stereocenters. The summed E-state index contributed by atoms with van der Waals surface area (Å²) in [6, 6.07) is 12.7. The summed E-state index contributed by atoms with van der Waals surface area (Å²) in [6.45, 7) is 5.68. The van der Waals surface area contributed by atoms with Crippen molar-refractivity contribution in [1.82, 2.24) is 5.32 Å². The smallest absolute Gasteiger partial charge is 0.310 e. The molecule has 1 N–H and O–H groups in total. The normalized spacial score (nSPS) is 10.9. The van der Waals surface area contributed by atoms with Crippen molar-refractivity contribution in [3.05, 3.63) is 69.8 Å². The Morgan fingerprint density at radius 1 is 1.08 bits per heavy atom. The van der Waals surface area contributed by atoms with Crippen LogP contribution in [-0.4, -0.2) is 23.3 Å². The van der Waals surface area contributed by atoms with E-state index in [1.54, 1.807) is 18.2 Å². The SMILES string of the molecule is CC(C)(C)c1ccc(C(=O)NC(=O)COc2ccccc2[N+](=O)[O-])cc1. The molecule has 0 aliphatic rings. The van der Waals surface area contributed by atoms with Crippen LogP contribution in [0, 0.1) is 10.1 Å². The molecule has 0 saturated heterocycles. The van der Waals surface area contributed by atoms with Crippen molar-refractivity contribution >= 4 is 17.5 Å². The predicted molar refractivity (Wildman–Crippen MR) is 96.2 cm³/mol. The molecular formula is C19H20N2O5. The monoisotopic (exact) mass is 356 g/mol. The zero-order valence-electron chi connectivity index (χ0n) is 14.8. The third-order valence-corrected chi connectivity index (χ3v) is 3.69. The number of nitrogens with one attached hydrogen (secondary N) is 1. The molecule has 136 valence electrons. The molecule has 0 aliphatic heterocycles. The number of benzene rings is 2. The van der Waals surface area contributed by atoms with Gasteiger partial charge in [-0.3, -0.25) is 25.0 Å². The Balaban J connectivity index is 1.96. The molecule has 0 spiro atoms. The quantitative estimate of drug-likeness (QED) is 0.655. The van der Waals surface area contributed by atoms with Gasteiger partial charge in [0.1, 0.15) is 0 Å². The topological polar surface area (TPSA) is 98.5 Å². The van der Waals surface area contributed by atoms with Gasteiger partial charge >= 0.3 is 5.69 Å². The first-order chi connectivity index (χ1) is 12.2. The maximum atomic E-state index is 12.1. The zero-order chi connectivity index (χ0) is 19.3. The number of rotatable bonds is 5. The summed E-state index contributed by atoms with van der Waals surface area (Å²) < 4.78 is 5.15. The Bertz CT molecular complexity index is 823. The Hall–Kier alpha value is -3.22. The summed E-state index contributed by atoms with van der Waals surface area (Å²) in [6.07, 6.45) is 0. The van der Waals surface area contributed by atoms with E-state index in [1.807, 2.05) is 12.1 Å². The van der Waals surface area contributed by atoms with Gasteiger partial charge in [0, 0.05) is 11.6 Å². The predicted octanol–water partition coefficient (Wildman–Crippen LogP) is 3.23. The van der Waals surface area contributed by atoms with E-state index in [9.17, 15) is 19.7 Å². The number of carbonyl (C=O) groups is 2. The van der Waals surface area contributed by atoms with Crippen LogP contribution in [0.15, 0.2) is 48.5 Å². The fourth-order valence-electron chi connectivity index (χ4n) is 2.23. The molecule has 2 amide bonds. The molecule has 2 aromatic carbocycles. The van der Waals surface area contributed by atoms with E-state index in [0.717, 1.165) is 5.56 Å². The van der Waals surface area contributed by atoms with Crippen LogP contribution in [-0.2, 0) is 10.2 Å². The number of nitro benzene ring substituents is 1. The molecule has 0 aromatic heterocycles. The maximum absolute atomic E-state index is 12.1. The van der Waals surface area contributed by atoms with Gasteiger partial charge in [-0.15, -0.1) is 0 Å². The van der Waals surface area contributed by atoms with Crippen LogP contribution in [0.3, 0.4) is 0 Å². The number of amides is 2. The summed E-state index contributed by atoms with van der Waals surface area (Å²) in [5, 5.41) is 13.1. The molecule has 0 atom stereocenters. The Morgan fingerprint density at radius 2 is 1.69 bits per heavy atom. The van der Waals surface area contributed by atoms with Crippen LogP contribution in [0.25, 0.3) is 0 Å². The van der Waals surface area contributed by atoms with Gasteiger partial charge < -0.3 is 4.74 Å². The second kappa shape index (κ2) is 7.77. The second-order valence-corrected chi connectivity index (χ2v) is 6.72. The van der Waals surface area contributed by atoms with Crippen molar-refractivity contribution in [3.63, 3.8) is 0 Å². The first-order valence-electron chi connectivity index (χ1n) is 7.99. The van der Waals surface area contributed by atoms with Gasteiger partial charge in [-0.1, -0.05) is 45.0 Å². The highest BCUT2D eigenvalue weighted by Crippen LogP contribution is 2.25. The van der Waals surface area contributed by atoms with Crippen LogP contribution >= 0.6 is 0 Å². The number of carbonyl (C=O) groups excluding carboxylic acids is 2. The number of nitrogens with zero attached hydrogens (tertiary/aromatic N) is 1. The van der Waals surface area contributed by atoms with E-state index in [-0.39, 0.29) is 16.9 Å². The third kappa shape index (κ3) is 4.89. The summed E-state index contributed by atoms with van der Waals surface area (Å²) in [7, 11) is 0. The molecule has 2 aromatic rings. The number of nitro groups is 1. The molecule has 2 rings (SSSR count). The van der Waals surface area contributed by atoms with Crippen molar-refractivity contribution in [2.75, 3.05) is 6.61 Å². The van der Waals surface area contributed by atoms with Gasteiger partial charge in [0.05, 0.1) is 4.92 Å². The molecular weight excluding hydrogens is 336 g/mol. The van der Waals surface area contributed by atoms with Crippen LogP contribution in [0.4, 0.5) is 5.69 Å². The molecule has 0 saturated carbocycles. The van der Waals surface area contributed by atoms with Crippen molar-refractivity contribution < 1.29 is 19.2 Å². The third-order valence-electron chi connectivity index (χ3n) is 3.69. The largest absolute Gasteiger partial charge is 0.477 e. The number of hydrogen-bond donors (Lipinski definition) is 1. The molecule has 0 fully saturated rings. The number of imide groups is 1. The lowest BCUT2D eigenvalue weighted by atomic mass is 9.87. The van der Waals surface area contributed by atoms with Crippen molar-refractivity contribution in [2.24, 2.45) is 0 Å². The molecule has 0 heterocycles. The Morgan fingerprint density at radius 3 is 2.27 bits per heavy atom. The molecule has 7 heteroatoms. The minimum Gasteiger partial charge on any atom is -0.477 e. The van der Waals surface area contributed by atoms with Crippen LogP contribution in [0.5, 0.6) is 5.75 Å². The summed E-state index contributed by atoms with van der Waals surface area (Å²) in [4.78, 5) is 34.3. The highest BCUT2D eigenvalue weighted by atomic mass is 16.6. The number of ether oxygens (including phenoxy) is 1. The molecule has 0 radical (unpaired) electrons. The summed E-state index contributed by atoms with van der Waals surface area (Å²) in [5.74, 6) is -1.27.